The smallest absolute Gasteiger partial charge is 0.438 e. The maximum atomic E-state index is 14.1. The lowest BCUT2D eigenvalue weighted by Gasteiger charge is -2.20. The van der Waals surface area contributed by atoms with Crippen LogP contribution in [0.4, 0.5) is 14.9 Å². The zero-order valence-electron chi connectivity index (χ0n) is 15.2. The Balaban J connectivity index is 2.37. The summed E-state index contributed by atoms with van der Waals surface area (Å²) in [5.41, 5.74) is 2.22. The maximum absolute atomic E-state index is 14.1. The number of hydroxylamine groups is 1. The predicted octanol–water partition coefficient (Wildman–Crippen LogP) is 4.38. The van der Waals surface area contributed by atoms with Crippen molar-refractivity contribution in [3.8, 4) is 11.5 Å². The van der Waals surface area contributed by atoms with Crippen LogP contribution in [0.3, 0.4) is 0 Å². The molecular formula is C19H22FNO5. The molecule has 0 spiro atoms. The Morgan fingerprint density at radius 3 is 2.50 bits per heavy atom. The standard InChI is InChI=1S/C19H22FNO5/c1-5-25-17-8-6-7-16(21(23)19(22)24-4)14(17)11-26-18-10-13(3)12(2)9-15(18)20/h6-10,23H,5,11H2,1-4H3. The van der Waals surface area contributed by atoms with Gasteiger partial charge in [-0.15, -0.1) is 0 Å². The van der Waals surface area contributed by atoms with Crippen LogP contribution in [-0.4, -0.2) is 25.0 Å². The van der Waals surface area contributed by atoms with Crippen LogP contribution in [0.2, 0.25) is 0 Å². The number of rotatable bonds is 6. The van der Waals surface area contributed by atoms with Gasteiger partial charge < -0.3 is 14.2 Å². The minimum Gasteiger partial charge on any atom is -0.493 e. The van der Waals surface area contributed by atoms with Crippen LogP contribution in [0.15, 0.2) is 30.3 Å². The monoisotopic (exact) mass is 363 g/mol. The molecule has 0 radical (unpaired) electrons. The molecule has 0 aliphatic heterocycles. The van der Waals surface area contributed by atoms with E-state index in [0.717, 1.165) is 18.2 Å². The van der Waals surface area contributed by atoms with Gasteiger partial charge in [-0.1, -0.05) is 6.07 Å². The number of methoxy groups -OCH3 is 1. The first-order valence-corrected chi connectivity index (χ1v) is 8.10. The largest absolute Gasteiger partial charge is 0.493 e. The first-order valence-electron chi connectivity index (χ1n) is 8.10. The Morgan fingerprint density at radius 2 is 1.85 bits per heavy atom. The first-order chi connectivity index (χ1) is 12.4. The van der Waals surface area contributed by atoms with Gasteiger partial charge in [-0.25, -0.2) is 9.18 Å². The summed E-state index contributed by atoms with van der Waals surface area (Å²) in [6, 6.07) is 7.80. The van der Waals surface area contributed by atoms with Crippen LogP contribution < -0.4 is 14.5 Å². The second-order valence-corrected chi connectivity index (χ2v) is 5.62. The number of anilines is 1. The summed E-state index contributed by atoms with van der Waals surface area (Å²) in [6.45, 7) is 5.73. The van der Waals surface area contributed by atoms with E-state index in [1.165, 1.54) is 12.1 Å². The van der Waals surface area contributed by atoms with E-state index in [4.69, 9.17) is 9.47 Å². The number of hydrogen-bond acceptors (Lipinski definition) is 5. The number of amides is 1. The quantitative estimate of drug-likeness (QED) is 0.609. The summed E-state index contributed by atoms with van der Waals surface area (Å²) in [6.07, 6.45) is -0.961. The van der Waals surface area contributed by atoms with Gasteiger partial charge >= 0.3 is 6.09 Å². The molecule has 0 heterocycles. The molecule has 0 saturated carbocycles. The molecule has 0 saturated heterocycles. The van der Waals surface area contributed by atoms with Crippen LogP contribution in [0, 0.1) is 19.7 Å². The van der Waals surface area contributed by atoms with Crippen LogP contribution in [0.1, 0.15) is 23.6 Å². The zero-order chi connectivity index (χ0) is 19.3. The molecule has 7 heteroatoms. The van der Waals surface area contributed by atoms with E-state index >= 15 is 0 Å². The van der Waals surface area contributed by atoms with Crippen molar-refractivity contribution in [1.29, 1.82) is 0 Å². The van der Waals surface area contributed by atoms with Gasteiger partial charge in [0.1, 0.15) is 12.4 Å². The Morgan fingerprint density at radius 1 is 1.15 bits per heavy atom. The van der Waals surface area contributed by atoms with E-state index in [1.807, 2.05) is 13.8 Å². The molecule has 2 aromatic rings. The Hall–Kier alpha value is -2.80. The molecule has 0 aromatic heterocycles. The van der Waals surface area contributed by atoms with Gasteiger partial charge in [-0.3, -0.25) is 5.21 Å². The summed E-state index contributed by atoms with van der Waals surface area (Å²) < 4.78 is 29.8. The SMILES string of the molecule is CCOc1cccc(N(O)C(=O)OC)c1COc1cc(C)c(C)cc1F. The number of aryl methyl sites for hydroxylation is 2. The van der Waals surface area contributed by atoms with Crippen molar-refractivity contribution in [2.75, 3.05) is 18.8 Å². The van der Waals surface area contributed by atoms with Crippen molar-refractivity contribution in [3.63, 3.8) is 0 Å². The lowest BCUT2D eigenvalue weighted by molar-refractivity contribution is 0.140. The molecule has 0 aliphatic carbocycles. The van der Waals surface area contributed by atoms with Crippen molar-refractivity contribution in [3.05, 3.63) is 52.8 Å². The van der Waals surface area contributed by atoms with Crippen molar-refractivity contribution < 1.29 is 28.6 Å². The molecule has 0 atom stereocenters. The minimum absolute atomic E-state index is 0.0768. The number of carbonyl (C=O) groups excluding carboxylic acids is 1. The summed E-state index contributed by atoms with van der Waals surface area (Å²) in [5.74, 6) is 0.00228. The van der Waals surface area contributed by atoms with E-state index < -0.39 is 11.9 Å². The Kier molecular flexibility index (Phi) is 6.41. The molecule has 140 valence electrons. The van der Waals surface area contributed by atoms with Crippen LogP contribution in [-0.2, 0) is 11.3 Å². The average molecular weight is 363 g/mol. The number of nitrogens with zero attached hydrogens (tertiary/aromatic N) is 1. The van der Waals surface area contributed by atoms with Gasteiger partial charge in [0.25, 0.3) is 0 Å². The molecule has 0 fully saturated rings. The Labute approximate surface area is 151 Å². The normalized spacial score (nSPS) is 10.4. The lowest BCUT2D eigenvalue weighted by atomic mass is 10.1. The molecule has 26 heavy (non-hydrogen) atoms. The van der Waals surface area contributed by atoms with Crippen LogP contribution in [0.5, 0.6) is 11.5 Å². The molecule has 1 amide bonds. The summed E-state index contributed by atoms with van der Waals surface area (Å²) >= 11 is 0. The topological polar surface area (TPSA) is 68.2 Å². The highest BCUT2D eigenvalue weighted by Crippen LogP contribution is 2.31. The number of ether oxygens (including phenoxy) is 3. The van der Waals surface area contributed by atoms with Gasteiger partial charge in [-0.2, -0.15) is 5.06 Å². The van der Waals surface area contributed by atoms with Crippen LogP contribution in [0.25, 0.3) is 0 Å². The average Bonchev–Trinajstić information content (AvgIpc) is 2.63. The highest BCUT2D eigenvalue weighted by atomic mass is 19.1. The van der Waals surface area contributed by atoms with E-state index in [9.17, 15) is 14.4 Å². The fourth-order valence-corrected chi connectivity index (χ4v) is 2.39. The fraction of sp³-hybridized carbons (Fsp3) is 0.316. The maximum Gasteiger partial charge on any atom is 0.438 e. The van der Waals surface area contributed by atoms with Gasteiger partial charge in [0, 0.05) is 0 Å². The number of hydrogen-bond donors (Lipinski definition) is 1. The van der Waals surface area contributed by atoms with Crippen molar-refractivity contribution >= 4 is 11.8 Å². The minimum atomic E-state index is -0.961. The van der Waals surface area contributed by atoms with Crippen molar-refractivity contribution in [2.45, 2.75) is 27.4 Å². The second kappa shape index (κ2) is 8.53. The van der Waals surface area contributed by atoms with E-state index in [1.54, 1.807) is 25.1 Å². The molecule has 0 unspecified atom stereocenters. The summed E-state index contributed by atoms with van der Waals surface area (Å²) in [5, 5.41) is 10.4. The number of carbonyl (C=O) groups is 1. The number of halogens is 1. The summed E-state index contributed by atoms with van der Waals surface area (Å²) in [4.78, 5) is 11.7. The van der Waals surface area contributed by atoms with Gasteiger partial charge in [0.15, 0.2) is 11.6 Å². The summed E-state index contributed by atoms with van der Waals surface area (Å²) in [7, 11) is 1.15. The zero-order valence-corrected chi connectivity index (χ0v) is 15.2. The second-order valence-electron chi connectivity index (χ2n) is 5.62. The van der Waals surface area contributed by atoms with Gasteiger partial charge in [0.2, 0.25) is 0 Å². The van der Waals surface area contributed by atoms with Gasteiger partial charge in [-0.05, 0) is 56.2 Å². The molecule has 1 N–H and O–H groups in total. The number of benzene rings is 2. The molecule has 0 aliphatic rings. The fourth-order valence-electron chi connectivity index (χ4n) is 2.39. The third-order valence-corrected chi connectivity index (χ3v) is 3.90. The third-order valence-electron chi connectivity index (χ3n) is 3.90. The van der Waals surface area contributed by atoms with Crippen LogP contribution >= 0.6 is 0 Å². The van der Waals surface area contributed by atoms with Crippen molar-refractivity contribution in [2.24, 2.45) is 0 Å². The highest BCUT2D eigenvalue weighted by molar-refractivity contribution is 5.86. The van der Waals surface area contributed by atoms with E-state index in [2.05, 4.69) is 4.74 Å². The van der Waals surface area contributed by atoms with Crippen molar-refractivity contribution in [1.82, 2.24) is 0 Å². The van der Waals surface area contributed by atoms with E-state index in [-0.39, 0.29) is 18.0 Å². The van der Waals surface area contributed by atoms with E-state index in [0.29, 0.717) is 23.0 Å². The first kappa shape index (κ1) is 19.5. The molecular weight excluding hydrogens is 341 g/mol. The highest BCUT2D eigenvalue weighted by Gasteiger charge is 2.21. The lowest BCUT2D eigenvalue weighted by Crippen LogP contribution is -2.28. The molecule has 6 nitrogen and oxygen atoms in total. The predicted molar refractivity (Wildman–Crippen MR) is 94.5 cm³/mol. The molecule has 0 bridgehead atoms. The van der Waals surface area contributed by atoms with Gasteiger partial charge in [0.05, 0.1) is 25.0 Å². The molecule has 2 rings (SSSR count). The molecule has 2 aromatic carbocycles. The Bertz CT molecular complexity index is 794. The third kappa shape index (κ3) is 4.23.